The summed E-state index contributed by atoms with van der Waals surface area (Å²) >= 11 is 0. The van der Waals surface area contributed by atoms with Crippen molar-refractivity contribution in [1.29, 1.82) is 0 Å². The minimum absolute atomic E-state index is 0.0106. The van der Waals surface area contributed by atoms with E-state index in [9.17, 15) is 9.59 Å². The highest BCUT2D eigenvalue weighted by atomic mass is 16.6. The number of piperidine rings is 1. The number of hydrogen-bond acceptors (Lipinski definition) is 6. The summed E-state index contributed by atoms with van der Waals surface area (Å²) in [4.78, 5) is 31.6. The summed E-state index contributed by atoms with van der Waals surface area (Å²) in [6.07, 6.45) is 13.0. The van der Waals surface area contributed by atoms with Crippen molar-refractivity contribution in [1.82, 2.24) is 20.0 Å². The van der Waals surface area contributed by atoms with Crippen molar-refractivity contribution in [3.05, 3.63) is 66.0 Å². The molecule has 1 N–H and O–H groups in total. The molecule has 270 valence electrons. The molecule has 9 nitrogen and oxygen atoms in total. The van der Waals surface area contributed by atoms with E-state index in [0.717, 1.165) is 106 Å². The van der Waals surface area contributed by atoms with Crippen LogP contribution in [0.1, 0.15) is 101 Å². The van der Waals surface area contributed by atoms with E-state index in [2.05, 4.69) is 96.7 Å². The van der Waals surface area contributed by atoms with Crippen LogP contribution >= 0.6 is 0 Å². The van der Waals surface area contributed by atoms with Gasteiger partial charge in [-0.3, -0.25) is 9.48 Å². The average Bonchev–Trinajstić information content (AvgIpc) is 3.63. The Balaban J connectivity index is 1.12. The molecule has 1 aromatic heterocycles. The quantitative estimate of drug-likeness (QED) is 0.232. The van der Waals surface area contributed by atoms with Crippen LogP contribution in [0.25, 0.3) is 11.1 Å². The molecule has 1 saturated heterocycles. The van der Waals surface area contributed by atoms with Gasteiger partial charge < -0.3 is 24.6 Å². The molecule has 0 bridgehead atoms. The van der Waals surface area contributed by atoms with Gasteiger partial charge in [-0.05, 0) is 139 Å². The van der Waals surface area contributed by atoms with Crippen LogP contribution in [0.15, 0.2) is 54.9 Å². The average molecular weight is 684 g/mol. The first-order valence-corrected chi connectivity index (χ1v) is 18.9. The Morgan fingerprint density at radius 3 is 2.34 bits per heavy atom. The second-order valence-electron chi connectivity index (χ2n) is 15.3. The first-order chi connectivity index (χ1) is 24.2. The van der Waals surface area contributed by atoms with Gasteiger partial charge in [0.2, 0.25) is 5.91 Å². The maximum atomic E-state index is 14.5. The molecule has 3 fully saturated rings. The van der Waals surface area contributed by atoms with Crippen LogP contribution in [0, 0.1) is 18.8 Å². The topological polar surface area (TPSA) is 88.9 Å². The number of hydrogen-bond donors (Lipinski definition) is 1. The number of aromatic nitrogens is 2. The molecular weight excluding hydrogens is 626 g/mol. The molecule has 0 atom stereocenters. The van der Waals surface area contributed by atoms with Crippen molar-refractivity contribution in [3.63, 3.8) is 0 Å². The molecule has 6 rings (SSSR count). The number of alkyl carbamates (subject to hydrolysis) is 1. The summed E-state index contributed by atoms with van der Waals surface area (Å²) in [5, 5.41) is 7.68. The second-order valence-corrected chi connectivity index (χ2v) is 15.3. The van der Waals surface area contributed by atoms with Gasteiger partial charge >= 0.3 is 6.09 Å². The molecule has 2 saturated carbocycles. The number of benzene rings is 2. The first-order valence-electron chi connectivity index (χ1n) is 18.9. The predicted molar refractivity (Wildman–Crippen MR) is 199 cm³/mol. The number of rotatable bonds is 10. The third-order valence-corrected chi connectivity index (χ3v) is 11.4. The molecule has 2 aliphatic carbocycles. The fourth-order valence-electron chi connectivity index (χ4n) is 8.20. The Morgan fingerprint density at radius 1 is 0.940 bits per heavy atom. The molecular formula is C41H57N5O4. The highest BCUT2D eigenvalue weighted by Crippen LogP contribution is 2.39. The Bertz CT molecular complexity index is 1580. The van der Waals surface area contributed by atoms with Gasteiger partial charge in [0, 0.05) is 55.1 Å². The monoisotopic (exact) mass is 683 g/mol. The molecule has 2 aromatic carbocycles. The lowest BCUT2D eigenvalue weighted by Crippen LogP contribution is -2.45. The summed E-state index contributed by atoms with van der Waals surface area (Å²) in [7, 11) is 3.83. The Kier molecular flexibility index (Phi) is 11.8. The van der Waals surface area contributed by atoms with Crippen molar-refractivity contribution < 1.29 is 19.1 Å². The second kappa shape index (κ2) is 16.4. The number of nitrogens with zero attached hydrogens (tertiary/aromatic N) is 4. The summed E-state index contributed by atoms with van der Waals surface area (Å²) in [6.45, 7) is 9.00. The first kappa shape index (κ1) is 36.0. The van der Waals surface area contributed by atoms with E-state index < -0.39 is 0 Å². The van der Waals surface area contributed by atoms with Crippen LogP contribution in [-0.4, -0.2) is 72.6 Å². The molecule has 0 radical (unpaired) electrons. The summed E-state index contributed by atoms with van der Waals surface area (Å²) in [6, 6.07) is 15.4. The maximum absolute atomic E-state index is 14.5. The van der Waals surface area contributed by atoms with E-state index in [4.69, 9.17) is 9.47 Å². The molecule has 2 heterocycles. The number of methoxy groups -OCH3 is 1. The van der Waals surface area contributed by atoms with E-state index in [0.29, 0.717) is 11.8 Å². The van der Waals surface area contributed by atoms with Crippen molar-refractivity contribution in [2.24, 2.45) is 11.8 Å². The zero-order valence-corrected chi connectivity index (χ0v) is 30.8. The van der Waals surface area contributed by atoms with Gasteiger partial charge in [0.25, 0.3) is 0 Å². The van der Waals surface area contributed by atoms with Crippen molar-refractivity contribution in [2.45, 2.75) is 109 Å². The molecule has 2 amide bonds. The fourth-order valence-corrected chi connectivity index (χ4v) is 8.20. The van der Waals surface area contributed by atoms with Crippen molar-refractivity contribution in [3.8, 4) is 16.9 Å². The minimum atomic E-state index is -0.311. The Morgan fingerprint density at radius 2 is 1.68 bits per heavy atom. The van der Waals surface area contributed by atoms with Crippen LogP contribution in [0.3, 0.4) is 0 Å². The Labute approximate surface area is 298 Å². The molecule has 3 aliphatic rings. The lowest BCUT2D eigenvalue weighted by Gasteiger charge is -2.36. The van der Waals surface area contributed by atoms with Crippen LogP contribution in [0.4, 0.5) is 10.5 Å². The van der Waals surface area contributed by atoms with Crippen molar-refractivity contribution >= 4 is 17.7 Å². The van der Waals surface area contributed by atoms with E-state index >= 15 is 0 Å². The minimum Gasteiger partial charge on any atom is -0.496 e. The SMILES string of the molecule is COc1ccc([C@H]2CC[C@H](CN(c3cccc(-c4cnn(C(C)C)c4)c3)C(=O)[C@H]3CC[C@H](NC(=O)OC4CCN(C)CC4)CC3)CC2)cc1C. The van der Waals surface area contributed by atoms with E-state index in [1.165, 1.54) is 11.1 Å². The van der Waals surface area contributed by atoms with Gasteiger partial charge in [0.05, 0.1) is 13.3 Å². The van der Waals surface area contributed by atoms with E-state index in [1.54, 1.807) is 7.11 Å². The lowest BCUT2D eigenvalue weighted by atomic mass is 9.78. The van der Waals surface area contributed by atoms with Crippen molar-refractivity contribution in [2.75, 3.05) is 38.7 Å². The summed E-state index contributed by atoms with van der Waals surface area (Å²) < 4.78 is 13.2. The largest absolute Gasteiger partial charge is 0.496 e. The third-order valence-electron chi connectivity index (χ3n) is 11.4. The summed E-state index contributed by atoms with van der Waals surface area (Å²) in [5.41, 5.74) is 5.66. The van der Waals surface area contributed by atoms with Crippen LogP contribution in [0.5, 0.6) is 5.75 Å². The molecule has 50 heavy (non-hydrogen) atoms. The molecule has 9 heteroatoms. The van der Waals surface area contributed by atoms with E-state index in [1.807, 2.05) is 10.9 Å². The Hall–Kier alpha value is -3.85. The lowest BCUT2D eigenvalue weighted by molar-refractivity contribution is -0.123. The number of ether oxygens (including phenoxy) is 2. The number of nitrogens with one attached hydrogen (secondary N) is 1. The fraction of sp³-hybridized carbons (Fsp3) is 0.585. The third kappa shape index (κ3) is 8.89. The van der Waals surface area contributed by atoms with Gasteiger partial charge in [0.15, 0.2) is 0 Å². The number of carbonyl (C=O) groups excluding carboxylic acids is 2. The van der Waals surface area contributed by atoms with Crippen LogP contribution in [0.2, 0.25) is 0 Å². The maximum Gasteiger partial charge on any atom is 0.407 e. The van der Waals surface area contributed by atoms with Gasteiger partial charge in [-0.15, -0.1) is 0 Å². The number of likely N-dealkylation sites (tertiary alicyclic amines) is 1. The number of anilines is 1. The highest BCUT2D eigenvalue weighted by molar-refractivity contribution is 5.95. The van der Waals surface area contributed by atoms with E-state index in [-0.39, 0.29) is 36.1 Å². The normalized spacial score (nSPS) is 23.4. The molecule has 3 aromatic rings. The van der Waals surface area contributed by atoms with Gasteiger partial charge in [0.1, 0.15) is 11.9 Å². The van der Waals surface area contributed by atoms with Gasteiger partial charge in [-0.25, -0.2) is 4.79 Å². The van der Waals surface area contributed by atoms with Crippen LogP contribution in [-0.2, 0) is 9.53 Å². The number of carbonyl (C=O) groups is 2. The number of amides is 2. The summed E-state index contributed by atoms with van der Waals surface area (Å²) in [5.74, 6) is 2.06. The zero-order valence-electron chi connectivity index (χ0n) is 30.8. The molecule has 0 spiro atoms. The standard InChI is InChI=1S/C41H57N5O4/c1-28(2)46-27-35(25-42-46)33-7-6-8-37(24-33)45(26-30-9-11-31(12-10-30)34-15-18-39(49-5)29(3)23-34)40(47)32-13-16-36(17-14-32)43-41(48)50-38-19-21-44(4)22-20-38/h6-8,15,18,23-25,27-28,30-32,36,38H,9-14,16-17,19-22,26H2,1-5H3,(H,43,48)/t30-,31-,32-,36-. The number of aryl methyl sites for hydroxylation is 1. The molecule has 0 unspecified atom stereocenters. The zero-order chi connectivity index (χ0) is 35.2. The van der Waals surface area contributed by atoms with Gasteiger partial charge in [-0.1, -0.05) is 24.3 Å². The smallest absolute Gasteiger partial charge is 0.407 e. The molecule has 1 aliphatic heterocycles. The predicted octanol–water partition coefficient (Wildman–Crippen LogP) is 8.13. The van der Waals surface area contributed by atoms with Crippen LogP contribution < -0.4 is 15.0 Å². The van der Waals surface area contributed by atoms with Gasteiger partial charge in [-0.2, -0.15) is 5.10 Å². The highest BCUT2D eigenvalue weighted by Gasteiger charge is 2.34.